The second-order valence-corrected chi connectivity index (χ2v) is 4.63. The van der Waals surface area contributed by atoms with E-state index >= 15 is 0 Å². The predicted molar refractivity (Wildman–Crippen MR) is 81.7 cm³/mol. The Labute approximate surface area is 122 Å². The zero-order valence-electron chi connectivity index (χ0n) is 12.9. The van der Waals surface area contributed by atoms with Crippen LogP contribution in [0.2, 0.25) is 0 Å². The number of hydrogen-bond acceptors (Lipinski definition) is 4. The van der Waals surface area contributed by atoms with Gasteiger partial charge in [-0.05, 0) is 25.3 Å². The molecule has 1 rings (SSSR count). The summed E-state index contributed by atoms with van der Waals surface area (Å²) in [6, 6.07) is 3.87. The molecule has 0 amide bonds. The van der Waals surface area contributed by atoms with Crippen LogP contribution in [-0.2, 0) is 6.54 Å². The molecule has 0 heterocycles. The normalized spacial score (nSPS) is 10.4. The van der Waals surface area contributed by atoms with Gasteiger partial charge in [0.15, 0.2) is 11.5 Å². The van der Waals surface area contributed by atoms with E-state index in [1.165, 1.54) is 0 Å². The Morgan fingerprint density at radius 3 is 1.90 bits per heavy atom. The second-order valence-electron chi connectivity index (χ2n) is 4.63. The molecule has 4 heteroatoms. The van der Waals surface area contributed by atoms with E-state index in [-0.39, 0.29) is 0 Å². The fourth-order valence-corrected chi connectivity index (χ4v) is 1.77. The van der Waals surface area contributed by atoms with Crippen LogP contribution in [0.25, 0.3) is 0 Å². The molecule has 114 valence electrons. The molecule has 0 atom stereocenters. The summed E-state index contributed by atoms with van der Waals surface area (Å²) in [5.74, 6) is 2.16. The first kappa shape index (κ1) is 16.6. The highest BCUT2D eigenvalue weighted by Crippen LogP contribution is 2.40. The van der Waals surface area contributed by atoms with E-state index in [1.807, 2.05) is 12.1 Å². The van der Waals surface area contributed by atoms with Crippen molar-refractivity contribution in [1.29, 1.82) is 0 Å². The molecule has 0 saturated carbocycles. The Balaban J connectivity index is 3.09. The van der Waals surface area contributed by atoms with Crippen molar-refractivity contribution in [2.24, 2.45) is 5.73 Å². The summed E-state index contributed by atoms with van der Waals surface area (Å²) in [4.78, 5) is 0. The van der Waals surface area contributed by atoms with Gasteiger partial charge in [0.25, 0.3) is 0 Å². The van der Waals surface area contributed by atoms with E-state index in [0.29, 0.717) is 32.1 Å². The molecule has 0 spiro atoms. The molecule has 0 saturated heterocycles. The molecule has 0 unspecified atom stereocenters. The highest BCUT2D eigenvalue weighted by atomic mass is 16.5. The fraction of sp³-hybridized carbons (Fsp3) is 0.625. The van der Waals surface area contributed by atoms with Crippen molar-refractivity contribution in [2.75, 3.05) is 19.8 Å². The van der Waals surface area contributed by atoms with Crippen LogP contribution in [0.5, 0.6) is 17.2 Å². The van der Waals surface area contributed by atoms with E-state index < -0.39 is 0 Å². The minimum absolute atomic E-state index is 0.426. The molecular formula is C16H27NO3. The number of nitrogens with two attached hydrogens (primary N) is 1. The predicted octanol–water partition coefficient (Wildman–Crippen LogP) is 3.51. The molecule has 4 nitrogen and oxygen atoms in total. The van der Waals surface area contributed by atoms with E-state index in [0.717, 1.165) is 36.3 Å². The molecule has 2 N–H and O–H groups in total. The zero-order valence-corrected chi connectivity index (χ0v) is 12.9. The molecule has 0 aliphatic rings. The van der Waals surface area contributed by atoms with Crippen LogP contribution in [-0.4, -0.2) is 19.8 Å². The van der Waals surface area contributed by atoms with Gasteiger partial charge in [-0.3, -0.25) is 0 Å². The molecule has 0 radical (unpaired) electrons. The van der Waals surface area contributed by atoms with Crippen LogP contribution in [0, 0.1) is 0 Å². The molecule has 0 aliphatic heterocycles. The largest absolute Gasteiger partial charge is 0.490 e. The van der Waals surface area contributed by atoms with Gasteiger partial charge < -0.3 is 19.9 Å². The topological polar surface area (TPSA) is 53.7 Å². The van der Waals surface area contributed by atoms with Crippen LogP contribution in [0.15, 0.2) is 12.1 Å². The third kappa shape index (κ3) is 4.60. The average Bonchev–Trinajstić information content (AvgIpc) is 2.48. The maximum Gasteiger partial charge on any atom is 0.203 e. The number of ether oxygens (including phenoxy) is 3. The van der Waals surface area contributed by atoms with Crippen molar-refractivity contribution >= 4 is 0 Å². The SMILES string of the molecule is CCCOc1ccc(CN)c(OCCC)c1OCCC. The lowest BCUT2D eigenvalue weighted by Gasteiger charge is -2.19. The summed E-state index contributed by atoms with van der Waals surface area (Å²) in [6.07, 6.45) is 2.83. The van der Waals surface area contributed by atoms with E-state index in [1.54, 1.807) is 0 Å². The second kappa shape index (κ2) is 9.48. The van der Waals surface area contributed by atoms with Crippen molar-refractivity contribution in [3.63, 3.8) is 0 Å². The molecule has 20 heavy (non-hydrogen) atoms. The first-order chi connectivity index (χ1) is 9.78. The van der Waals surface area contributed by atoms with Gasteiger partial charge in [0.2, 0.25) is 5.75 Å². The zero-order chi connectivity index (χ0) is 14.8. The summed E-state index contributed by atoms with van der Waals surface area (Å²) in [5, 5.41) is 0. The Morgan fingerprint density at radius 2 is 1.35 bits per heavy atom. The average molecular weight is 281 g/mol. The first-order valence-corrected chi connectivity index (χ1v) is 7.52. The minimum Gasteiger partial charge on any atom is -0.490 e. The maximum absolute atomic E-state index is 5.85. The number of benzene rings is 1. The van der Waals surface area contributed by atoms with Crippen LogP contribution >= 0.6 is 0 Å². The fourth-order valence-electron chi connectivity index (χ4n) is 1.77. The number of hydrogen-bond donors (Lipinski definition) is 1. The van der Waals surface area contributed by atoms with Crippen molar-refractivity contribution in [2.45, 2.75) is 46.6 Å². The summed E-state index contributed by atoms with van der Waals surface area (Å²) in [5.41, 5.74) is 6.75. The van der Waals surface area contributed by atoms with Gasteiger partial charge in [-0.25, -0.2) is 0 Å². The van der Waals surface area contributed by atoms with Gasteiger partial charge in [0, 0.05) is 12.1 Å². The molecule has 0 aromatic heterocycles. The molecule has 1 aromatic carbocycles. The van der Waals surface area contributed by atoms with Gasteiger partial charge in [-0.2, -0.15) is 0 Å². The Bertz CT molecular complexity index is 394. The molecule has 0 bridgehead atoms. The first-order valence-electron chi connectivity index (χ1n) is 7.52. The summed E-state index contributed by atoms with van der Waals surface area (Å²) < 4.78 is 17.4. The molecular weight excluding hydrogens is 254 g/mol. The summed E-state index contributed by atoms with van der Waals surface area (Å²) >= 11 is 0. The lowest BCUT2D eigenvalue weighted by atomic mass is 10.1. The molecule has 1 aromatic rings. The monoisotopic (exact) mass is 281 g/mol. The van der Waals surface area contributed by atoms with Crippen LogP contribution < -0.4 is 19.9 Å². The Hall–Kier alpha value is -1.42. The Morgan fingerprint density at radius 1 is 0.800 bits per heavy atom. The van der Waals surface area contributed by atoms with Crippen LogP contribution in [0.1, 0.15) is 45.6 Å². The van der Waals surface area contributed by atoms with E-state index in [9.17, 15) is 0 Å². The van der Waals surface area contributed by atoms with Crippen LogP contribution in [0.4, 0.5) is 0 Å². The molecule has 0 fully saturated rings. The highest BCUT2D eigenvalue weighted by Gasteiger charge is 2.17. The van der Waals surface area contributed by atoms with Crippen molar-refractivity contribution in [1.82, 2.24) is 0 Å². The summed E-state index contributed by atoms with van der Waals surface area (Å²) in [7, 11) is 0. The van der Waals surface area contributed by atoms with E-state index in [2.05, 4.69) is 20.8 Å². The third-order valence-electron chi connectivity index (χ3n) is 2.74. The van der Waals surface area contributed by atoms with Crippen molar-refractivity contribution in [3.05, 3.63) is 17.7 Å². The Kier molecular flexibility index (Phi) is 7.88. The maximum atomic E-state index is 5.85. The minimum atomic E-state index is 0.426. The molecule has 0 aliphatic carbocycles. The van der Waals surface area contributed by atoms with Crippen molar-refractivity contribution < 1.29 is 14.2 Å². The van der Waals surface area contributed by atoms with Gasteiger partial charge in [-0.1, -0.05) is 26.8 Å². The van der Waals surface area contributed by atoms with Gasteiger partial charge in [0.05, 0.1) is 19.8 Å². The quantitative estimate of drug-likeness (QED) is 0.713. The summed E-state index contributed by atoms with van der Waals surface area (Å²) in [6.45, 7) is 8.60. The van der Waals surface area contributed by atoms with E-state index in [4.69, 9.17) is 19.9 Å². The van der Waals surface area contributed by atoms with Gasteiger partial charge >= 0.3 is 0 Å². The smallest absolute Gasteiger partial charge is 0.203 e. The third-order valence-corrected chi connectivity index (χ3v) is 2.74. The lowest BCUT2D eigenvalue weighted by Crippen LogP contribution is -2.08. The van der Waals surface area contributed by atoms with Crippen LogP contribution in [0.3, 0.4) is 0 Å². The van der Waals surface area contributed by atoms with Crippen molar-refractivity contribution in [3.8, 4) is 17.2 Å². The van der Waals surface area contributed by atoms with Gasteiger partial charge in [0.1, 0.15) is 0 Å². The standard InChI is InChI=1S/C16H27NO3/c1-4-9-18-14-8-7-13(12-17)15(19-10-5-2)16(14)20-11-6-3/h7-8H,4-6,9-12,17H2,1-3H3. The van der Waals surface area contributed by atoms with Gasteiger partial charge in [-0.15, -0.1) is 0 Å². The number of rotatable bonds is 10. The lowest BCUT2D eigenvalue weighted by molar-refractivity contribution is 0.241. The highest BCUT2D eigenvalue weighted by molar-refractivity contribution is 5.55.